The van der Waals surface area contributed by atoms with Crippen LogP contribution in [0.3, 0.4) is 0 Å². The number of aromatic nitrogens is 2. The fourth-order valence-electron chi connectivity index (χ4n) is 1.86. The van der Waals surface area contributed by atoms with Crippen LogP contribution in [0.5, 0.6) is 5.75 Å². The summed E-state index contributed by atoms with van der Waals surface area (Å²) >= 11 is 6.03. The minimum absolute atomic E-state index is 0.0656. The van der Waals surface area contributed by atoms with Crippen LogP contribution in [0.4, 0.5) is 0 Å². The van der Waals surface area contributed by atoms with Crippen LogP contribution in [0, 0.1) is 0 Å². The summed E-state index contributed by atoms with van der Waals surface area (Å²) in [5, 5.41) is 4.91. The number of hydrogen-bond acceptors (Lipinski definition) is 3. The molecule has 2 heterocycles. The second-order valence-corrected chi connectivity index (χ2v) is 6.22. The van der Waals surface area contributed by atoms with Gasteiger partial charge in [0.2, 0.25) is 0 Å². The fraction of sp³-hybridized carbons (Fsp3) is 0.273. The summed E-state index contributed by atoms with van der Waals surface area (Å²) in [5.74, 6) is 0.799. The number of halogens is 1. The van der Waals surface area contributed by atoms with E-state index >= 15 is 0 Å². The molecule has 16 heavy (non-hydrogen) atoms. The summed E-state index contributed by atoms with van der Waals surface area (Å²) in [6.45, 7) is 4.09. The molecule has 3 rings (SSSR count). The molecule has 0 unspecified atom stereocenters. The van der Waals surface area contributed by atoms with Gasteiger partial charge in [-0.2, -0.15) is 0 Å². The average molecular weight is 300 g/mol. The van der Waals surface area contributed by atoms with Crippen molar-refractivity contribution in [2.45, 2.75) is 19.4 Å². The first-order valence-electron chi connectivity index (χ1n) is 4.90. The Morgan fingerprint density at radius 3 is 3.00 bits per heavy atom. The Bertz CT molecular complexity index is 565. The van der Waals surface area contributed by atoms with Gasteiger partial charge in [0.05, 0.1) is 0 Å². The van der Waals surface area contributed by atoms with Gasteiger partial charge in [-0.1, -0.05) is 0 Å². The molecule has 3 nitrogen and oxygen atoms in total. The van der Waals surface area contributed by atoms with E-state index in [1.54, 1.807) is 0 Å². The SMILES string of the molecule is CC1(C)Oc2cc(Cl)ccc2-c2nn[se]c21. The molecular weight excluding hydrogens is 291 g/mol. The molecule has 2 aromatic rings. The van der Waals surface area contributed by atoms with Crippen LogP contribution in [0.25, 0.3) is 11.3 Å². The van der Waals surface area contributed by atoms with E-state index in [1.165, 1.54) is 4.44 Å². The average Bonchev–Trinajstić information content (AvgIpc) is 2.65. The standard InChI is InChI=1S/C11H9ClN2OSe/c1-11(2)10-9(13-14-16-10)7-4-3-6(12)5-8(7)15-11/h3-5H,1-2H3. The minimum atomic E-state index is -0.323. The summed E-state index contributed by atoms with van der Waals surface area (Å²) in [6, 6.07) is 5.64. The van der Waals surface area contributed by atoms with Gasteiger partial charge < -0.3 is 0 Å². The summed E-state index contributed by atoms with van der Waals surface area (Å²) in [6.07, 6.45) is 0. The summed E-state index contributed by atoms with van der Waals surface area (Å²) in [7, 11) is 0. The molecule has 0 amide bonds. The van der Waals surface area contributed by atoms with Gasteiger partial charge in [0.15, 0.2) is 0 Å². The monoisotopic (exact) mass is 300 g/mol. The first kappa shape index (κ1) is 10.3. The molecule has 1 aromatic carbocycles. The number of fused-ring (bicyclic) bond motifs is 3. The van der Waals surface area contributed by atoms with E-state index in [-0.39, 0.29) is 20.3 Å². The van der Waals surface area contributed by atoms with Crippen molar-refractivity contribution in [3.05, 3.63) is 27.7 Å². The molecule has 0 radical (unpaired) electrons. The molecular formula is C11H9ClN2OSe. The Kier molecular flexibility index (Phi) is 2.15. The molecule has 5 heteroatoms. The first-order valence-corrected chi connectivity index (χ1v) is 6.90. The van der Waals surface area contributed by atoms with E-state index < -0.39 is 0 Å². The topological polar surface area (TPSA) is 35.0 Å². The Hall–Kier alpha value is -0.831. The molecule has 0 atom stereocenters. The number of ether oxygens (including phenoxy) is 1. The third-order valence-electron chi connectivity index (χ3n) is 2.60. The van der Waals surface area contributed by atoms with Crippen LogP contribution in [0.1, 0.15) is 18.3 Å². The molecule has 0 aliphatic carbocycles. The van der Waals surface area contributed by atoms with E-state index in [4.69, 9.17) is 16.3 Å². The van der Waals surface area contributed by atoms with Crippen LogP contribution >= 0.6 is 11.6 Å². The van der Waals surface area contributed by atoms with E-state index in [2.05, 4.69) is 9.19 Å². The molecule has 1 aromatic heterocycles. The van der Waals surface area contributed by atoms with Crippen LogP contribution in [0.15, 0.2) is 18.2 Å². The Balaban J connectivity index is 2.30. The number of rotatable bonds is 0. The van der Waals surface area contributed by atoms with Crippen molar-refractivity contribution in [1.29, 1.82) is 0 Å². The van der Waals surface area contributed by atoms with Crippen LogP contribution in [-0.2, 0) is 5.60 Å². The van der Waals surface area contributed by atoms with Crippen LogP contribution in [0.2, 0.25) is 5.02 Å². The summed E-state index contributed by atoms with van der Waals surface area (Å²) in [4.78, 5) is 0. The van der Waals surface area contributed by atoms with Crippen molar-refractivity contribution in [1.82, 2.24) is 9.19 Å². The number of nitrogens with zero attached hydrogens (tertiary/aromatic N) is 2. The van der Waals surface area contributed by atoms with Crippen LogP contribution in [-0.4, -0.2) is 23.9 Å². The van der Waals surface area contributed by atoms with Gasteiger partial charge in [-0.05, 0) is 0 Å². The fourth-order valence-corrected chi connectivity index (χ4v) is 3.50. The summed E-state index contributed by atoms with van der Waals surface area (Å²) < 4.78 is 11.3. The van der Waals surface area contributed by atoms with Crippen molar-refractivity contribution in [2.24, 2.45) is 0 Å². The number of benzene rings is 1. The van der Waals surface area contributed by atoms with Gasteiger partial charge in [0.1, 0.15) is 0 Å². The Morgan fingerprint density at radius 2 is 2.19 bits per heavy atom. The van der Waals surface area contributed by atoms with Crippen molar-refractivity contribution in [3.63, 3.8) is 0 Å². The van der Waals surface area contributed by atoms with Gasteiger partial charge >= 0.3 is 104 Å². The molecule has 0 fully saturated rings. The number of hydrogen-bond donors (Lipinski definition) is 0. The molecule has 0 bridgehead atoms. The van der Waals surface area contributed by atoms with Crippen molar-refractivity contribution >= 4 is 26.3 Å². The molecule has 0 N–H and O–H groups in total. The molecule has 0 saturated carbocycles. The van der Waals surface area contributed by atoms with E-state index in [9.17, 15) is 0 Å². The van der Waals surface area contributed by atoms with Gasteiger partial charge in [-0.25, -0.2) is 0 Å². The van der Waals surface area contributed by atoms with Gasteiger partial charge in [-0.3, -0.25) is 0 Å². The molecule has 1 aliphatic heterocycles. The third kappa shape index (κ3) is 1.41. The third-order valence-corrected chi connectivity index (χ3v) is 5.00. The zero-order valence-electron chi connectivity index (χ0n) is 8.82. The molecule has 1 aliphatic rings. The van der Waals surface area contributed by atoms with E-state index in [1.807, 2.05) is 32.0 Å². The van der Waals surface area contributed by atoms with E-state index in [0.29, 0.717) is 5.02 Å². The van der Waals surface area contributed by atoms with Crippen molar-refractivity contribution in [2.75, 3.05) is 0 Å². The second-order valence-electron chi connectivity index (χ2n) is 4.20. The zero-order valence-corrected chi connectivity index (χ0v) is 11.3. The first-order chi connectivity index (χ1) is 7.58. The molecule has 82 valence electrons. The van der Waals surface area contributed by atoms with Gasteiger partial charge in [0, 0.05) is 0 Å². The molecule has 0 saturated heterocycles. The maximum absolute atomic E-state index is 5.97. The Labute approximate surface area is 104 Å². The molecule has 0 spiro atoms. The second kappa shape index (κ2) is 3.33. The van der Waals surface area contributed by atoms with Gasteiger partial charge in [0.25, 0.3) is 0 Å². The van der Waals surface area contributed by atoms with Crippen molar-refractivity contribution < 1.29 is 4.74 Å². The Morgan fingerprint density at radius 1 is 1.38 bits per heavy atom. The normalized spacial score (nSPS) is 16.2. The van der Waals surface area contributed by atoms with Crippen molar-refractivity contribution in [3.8, 4) is 17.0 Å². The predicted octanol–water partition coefficient (Wildman–Crippen LogP) is 2.48. The predicted molar refractivity (Wildman–Crippen MR) is 63.1 cm³/mol. The van der Waals surface area contributed by atoms with Crippen LogP contribution < -0.4 is 4.74 Å². The maximum atomic E-state index is 5.97. The zero-order chi connectivity index (χ0) is 11.3. The van der Waals surface area contributed by atoms with E-state index in [0.717, 1.165) is 17.0 Å². The summed E-state index contributed by atoms with van der Waals surface area (Å²) in [5.41, 5.74) is 1.65. The van der Waals surface area contributed by atoms with Gasteiger partial charge in [-0.15, -0.1) is 0 Å². The quantitative estimate of drug-likeness (QED) is 0.701.